The van der Waals surface area contributed by atoms with Crippen LogP contribution in [-0.2, 0) is 48.0 Å². The van der Waals surface area contributed by atoms with E-state index in [1.54, 1.807) is 54.6 Å². The molecule has 0 saturated heterocycles. The van der Waals surface area contributed by atoms with Gasteiger partial charge in [0.1, 0.15) is 21.4 Å². The molecule has 0 atom stereocenters. The van der Waals surface area contributed by atoms with E-state index < -0.39 is 51.0 Å². The molecule has 0 amide bonds. The lowest BCUT2D eigenvalue weighted by atomic mass is 10.1. The Kier molecular flexibility index (Phi) is 12.1. The largest absolute Gasteiger partial charge is 0.481 e. The van der Waals surface area contributed by atoms with Crippen molar-refractivity contribution in [2.24, 2.45) is 20.5 Å². The molecule has 0 bridgehead atoms. The van der Waals surface area contributed by atoms with Crippen molar-refractivity contribution in [1.82, 2.24) is 15.0 Å². The molecule has 0 aliphatic heterocycles. The van der Waals surface area contributed by atoms with Crippen molar-refractivity contribution in [3.05, 3.63) is 126 Å². The summed E-state index contributed by atoms with van der Waals surface area (Å²) < 4.78 is 103. The number of anilines is 1. The summed E-state index contributed by atoms with van der Waals surface area (Å²) in [6.45, 7) is -0.0324. The van der Waals surface area contributed by atoms with Crippen LogP contribution in [-0.4, -0.2) is 71.5 Å². The van der Waals surface area contributed by atoms with Crippen LogP contribution in [0.1, 0.15) is 29.2 Å². The number of carboxylic acids is 1. The Morgan fingerprint density at radius 2 is 1.12 bits per heavy atom. The van der Waals surface area contributed by atoms with Gasteiger partial charge in [-0.2, -0.15) is 55.7 Å². The van der Waals surface area contributed by atoms with Crippen molar-refractivity contribution in [1.29, 1.82) is 0 Å². The Morgan fingerprint density at radius 1 is 0.552 bits per heavy atom. The van der Waals surface area contributed by atoms with Gasteiger partial charge in [0.2, 0.25) is 5.95 Å². The van der Waals surface area contributed by atoms with E-state index in [0.29, 0.717) is 11.3 Å². The van der Waals surface area contributed by atoms with Crippen molar-refractivity contribution in [3.8, 4) is 0 Å². The fourth-order valence-electron chi connectivity index (χ4n) is 5.54. The third-order valence-electron chi connectivity index (χ3n) is 8.10. The summed E-state index contributed by atoms with van der Waals surface area (Å²) in [6.07, 6.45) is -0.338. The highest BCUT2D eigenvalue weighted by Crippen LogP contribution is 2.34. The van der Waals surface area contributed by atoms with E-state index in [9.17, 15) is 43.7 Å². The van der Waals surface area contributed by atoms with Crippen LogP contribution < -0.4 is 5.32 Å². The van der Waals surface area contributed by atoms with E-state index in [-0.39, 0.29) is 76.8 Å². The first kappa shape index (κ1) is 41.2. The normalized spacial score (nSPS) is 12.4. The monoisotopic (exact) mass is 846 g/mol. The van der Waals surface area contributed by atoms with Crippen LogP contribution in [0.15, 0.2) is 138 Å². The van der Waals surface area contributed by atoms with Gasteiger partial charge in [-0.1, -0.05) is 48.5 Å². The molecule has 5 aromatic carbocycles. The minimum Gasteiger partial charge on any atom is -0.481 e. The number of carboxylic acid groups (broad SMARTS) is 1. The van der Waals surface area contributed by atoms with Gasteiger partial charge >= 0.3 is 5.97 Å². The molecule has 0 radical (unpaired) electrons. The van der Waals surface area contributed by atoms with Crippen molar-refractivity contribution >= 4 is 75.8 Å². The van der Waals surface area contributed by atoms with Gasteiger partial charge in [-0.3, -0.25) is 18.5 Å². The average molecular weight is 847 g/mol. The van der Waals surface area contributed by atoms with Gasteiger partial charge in [0, 0.05) is 30.2 Å². The fourth-order valence-corrected chi connectivity index (χ4v) is 7.71. The maximum Gasteiger partial charge on any atom is 0.305 e. The molecule has 0 aliphatic rings. The van der Waals surface area contributed by atoms with Gasteiger partial charge in [0.15, 0.2) is 0 Å². The zero-order valence-corrected chi connectivity index (χ0v) is 32.1. The second kappa shape index (κ2) is 17.0. The SMILES string of the molecule is O=C(O)CCNc1nc(Cc2ccc(N=Nc3cc(S(=O)(=O)O)c4cccc(S(=O)(=O)O)c4c3)cc2)nc(Cc2ccc(N=Nc3ccccc3)cc2S(=O)(=O)O)n1. The molecule has 0 aliphatic carbocycles. The number of hydrogen-bond donors (Lipinski definition) is 5. The quantitative estimate of drug-likeness (QED) is 0.0533. The average Bonchev–Trinajstić information content (AvgIpc) is 3.15. The van der Waals surface area contributed by atoms with E-state index in [2.05, 4.69) is 40.7 Å². The summed E-state index contributed by atoms with van der Waals surface area (Å²) in [6, 6.07) is 24.9. The minimum atomic E-state index is -4.86. The molecule has 19 nitrogen and oxygen atoms in total. The molecular weight excluding hydrogens is 817 g/mol. The summed E-state index contributed by atoms with van der Waals surface area (Å²) in [4.78, 5) is 22.7. The molecule has 6 aromatic rings. The summed E-state index contributed by atoms with van der Waals surface area (Å²) in [5.74, 6) is -0.745. The number of hydrogen-bond acceptors (Lipinski definition) is 15. The topological polar surface area (TPSA) is 301 Å². The lowest BCUT2D eigenvalue weighted by Gasteiger charge is -2.11. The van der Waals surface area contributed by atoms with E-state index in [4.69, 9.17) is 5.11 Å². The number of nitrogens with one attached hydrogen (secondary N) is 1. The fraction of sp³-hybridized carbons (Fsp3) is 0.111. The van der Waals surface area contributed by atoms with Crippen LogP contribution >= 0.6 is 0 Å². The van der Waals surface area contributed by atoms with E-state index in [0.717, 1.165) is 18.2 Å². The smallest absolute Gasteiger partial charge is 0.305 e. The molecule has 6 rings (SSSR count). The lowest BCUT2D eigenvalue weighted by Crippen LogP contribution is -2.14. The van der Waals surface area contributed by atoms with Crippen molar-refractivity contribution in [2.75, 3.05) is 11.9 Å². The molecule has 1 aromatic heterocycles. The number of aromatic nitrogens is 3. The lowest BCUT2D eigenvalue weighted by molar-refractivity contribution is -0.136. The molecule has 0 fully saturated rings. The zero-order valence-electron chi connectivity index (χ0n) is 29.6. The number of aliphatic carboxylic acids is 1. The second-order valence-corrected chi connectivity index (χ2v) is 16.5. The molecule has 1 heterocycles. The van der Waals surface area contributed by atoms with Crippen LogP contribution in [0.4, 0.5) is 28.7 Å². The molecule has 5 N–H and O–H groups in total. The molecule has 0 saturated carbocycles. The first-order valence-corrected chi connectivity index (χ1v) is 21.0. The number of fused-ring (bicyclic) bond motifs is 1. The predicted molar refractivity (Wildman–Crippen MR) is 207 cm³/mol. The number of rotatable bonds is 15. The molecule has 0 spiro atoms. The van der Waals surface area contributed by atoms with E-state index in [1.165, 1.54) is 30.3 Å². The molecule has 0 unspecified atom stereocenters. The summed E-state index contributed by atoms with van der Waals surface area (Å²) in [5.41, 5.74) is 1.59. The minimum absolute atomic E-state index is 0.0187. The Balaban J connectivity index is 1.27. The zero-order chi connectivity index (χ0) is 41.7. The number of nitrogens with zero attached hydrogens (tertiary/aromatic N) is 7. The summed E-state index contributed by atoms with van der Waals surface area (Å²) in [7, 11) is -14.4. The van der Waals surface area contributed by atoms with Crippen molar-refractivity contribution in [2.45, 2.75) is 33.9 Å². The van der Waals surface area contributed by atoms with Crippen molar-refractivity contribution in [3.63, 3.8) is 0 Å². The standard InChI is InChI=1S/C36H30N8O11S3/c45-35(46)15-16-37-36-39-33(38-34(40-36)18-23-11-14-26(20-31(23)57(50,51)52)43-41-24-5-2-1-3-6-24)17-22-9-12-25(13-10-22)42-44-27-19-29-28(32(21-27)58(53,54)55)7-4-8-30(29)56(47,48)49/h1-14,19-21H,15-18H2,(H,45,46)(H,47,48,49)(H,50,51,52)(H,53,54,55)(H,37,38,39,40). The van der Waals surface area contributed by atoms with Gasteiger partial charge in [-0.05, 0) is 65.7 Å². The van der Waals surface area contributed by atoms with Crippen LogP contribution in [0.25, 0.3) is 10.8 Å². The highest BCUT2D eigenvalue weighted by atomic mass is 32.2. The Morgan fingerprint density at radius 3 is 1.76 bits per heavy atom. The highest BCUT2D eigenvalue weighted by Gasteiger charge is 2.22. The molecule has 58 heavy (non-hydrogen) atoms. The summed E-state index contributed by atoms with van der Waals surface area (Å²) >= 11 is 0. The van der Waals surface area contributed by atoms with E-state index in [1.807, 2.05) is 0 Å². The Labute approximate surface area is 330 Å². The van der Waals surface area contributed by atoms with Crippen LogP contribution in [0.3, 0.4) is 0 Å². The molecule has 298 valence electrons. The third kappa shape index (κ3) is 10.7. The summed E-state index contributed by atoms with van der Waals surface area (Å²) in [5, 5.41) is 27.8. The third-order valence-corrected chi connectivity index (χ3v) is 10.8. The Hall–Kier alpha value is -6.43. The molecular formula is C36H30N8O11S3. The predicted octanol–water partition coefficient (Wildman–Crippen LogP) is 6.66. The van der Waals surface area contributed by atoms with Crippen LogP contribution in [0.5, 0.6) is 0 Å². The number of azo groups is 2. The highest BCUT2D eigenvalue weighted by molar-refractivity contribution is 7.86. The first-order valence-electron chi connectivity index (χ1n) is 16.7. The molecule has 22 heteroatoms. The van der Waals surface area contributed by atoms with Crippen LogP contribution in [0.2, 0.25) is 0 Å². The second-order valence-electron chi connectivity index (χ2n) is 12.3. The number of carbonyl (C=O) groups is 1. The number of benzene rings is 5. The van der Waals surface area contributed by atoms with Crippen LogP contribution in [0, 0.1) is 0 Å². The van der Waals surface area contributed by atoms with Gasteiger partial charge < -0.3 is 10.4 Å². The maximum atomic E-state index is 12.4. The Bertz CT molecular complexity index is 2930. The van der Waals surface area contributed by atoms with Gasteiger partial charge in [-0.25, -0.2) is 4.98 Å². The van der Waals surface area contributed by atoms with E-state index >= 15 is 0 Å². The van der Waals surface area contributed by atoms with Gasteiger partial charge in [-0.15, -0.1) is 0 Å². The first-order chi connectivity index (χ1) is 27.4. The maximum absolute atomic E-state index is 12.4. The van der Waals surface area contributed by atoms with Gasteiger partial charge in [0.25, 0.3) is 30.4 Å². The van der Waals surface area contributed by atoms with Crippen molar-refractivity contribution < 1.29 is 48.8 Å². The van der Waals surface area contributed by atoms with Gasteiger partial charge in [0.05, 0.1) is 34.1 Å².